The lowest BCUT2D eigenvalue weighted by molar-refractivity contribution is -0.163. The number of hydrogen-bond donors (Lipinski definition) is 0. The van der Waals surface area contributed by atoms with Gasteiger partial charge in [0.2, 0.25) is 0 Å². The van der Waals surface area contributed by atoms with Gasteiger partial charge in [0, 0.05) is 12.8 Å². The first kappa shape index (κ1) is 42.9. The molecule has 0 saturated heterocycles. The Kier molecular flexibility index (Phi) is 31.1. The molecular weight excluding hydrogens is 546 g/mol. The minimum atomic E-state index is -0.442. The number of rotatable bonds is 34. The summed E-state index contributed by atoms with van der Waals surface area (Å²) in [7, 11) is 4.08. The Labute approximate surface area is 275 Å². The van der Waals surface area contributed by atoms with Crippen molar-refractivity contribution in [3.63, 3.8) is 0 Å². The summed E-state index contributed by atoms with van der Waals surface area (Å²) in [6.45, 7) is 8.20. The number of hydrogen-bond acceptors (Lipinski definition) is 5. The molecule has 0 bridgehead atoms. The lowest BCUT2D eigenvalue weighted by Crippen LogP contribution is -2.36. The molecule has 1 atom stereocenters. The van der Waals surface area contributed by atoms with E-state index in [1.807, 2.05) is 14.1 Å². The zero-order valence-electron chi connectivity index (χ0n) is 30.5. The SMILES string of the molecule is CCCCCCCCCCCCCOC(=O)CCCC(CCCCCCC)(CCCCCCCC)OC(=O)CCCN(C)C. The summed E-state index contributed by atoms with van der Waals surface area (Å²) >= 11 is 0. The molecular formula is C39H77NO4. The van der Waals surface area contributed by atoms with Crippen LogP contribution >= 0.6 is 0 Å². The van der Waals surface area contributed by atoms with Crippen molar-refractivity contribution in [2.24, 2.45) is 0 Å². The van der Waals surface area contributed by atoms with Gasteiger partial charge in [0.05, 0.1) is 6.61 Å². The van der Waals surface area contributed by atoms with E-state index in [2.05, 4.69) is 25.7 Å². The number of nitrogens with zero attached hydrogens (tertiary/aromatic N) is 1. The lowest BCUT2D eigenvalue weighted by atomic mass is 9.84. The molecule has 0 aromatic rings. The number of unbranched alkanes of at least 4 members (excludes halogenated alkanes) is 19. The minimum absolute atomic E-state index is 0.0644. The average molecular weight is 624 g/mol. The Morgan fingerprint density at radius 2 is 0.864 bits per heavy atom. The summed E-state index contributed by atoms with van der Waals surface area (Å²) in [5.41, 5.74) is -0.442. The summed E-state index contributed by atoms with van der Waals surface area (Å²) in [5.74, 6) is -0.156. The van der Waals surface area contributed by atoms with Gasteiger partial charge in [-0.25, -0.2) is 0 Å². The third kappa shape index (κ3) is 28.4. The quantitative estimate of drug-likeness (QED) is 0.0527. The van der Waals surface area contributed by atoms with E-state index in [0.29, 0.717) is 19.4 Å². The van der Waals surface area contributed by atoms with Crippen LogP contribution < -0.4 is 0 Å². The van der Waals surface area contributed by atoms with Crippen molar-refractivity contribution < 1.29 is 19.1 Å². The molecule has 5 heteroatoms. The highest BCUT2D eigenvalue weighted by molar-refractivity contribution is 5.70. The highest BCUT2D eigenvalue weighted by Gasteiger charge is 2.33. The van der Waals surface area contributed by atoms with Crippen LogP contribution in [-0.2, 0) is 19.1 Å². The number of ether oxygens (including phenoxy) is 2. The molecule has 5 nitrogen and oxygen atoms in total. The topological polar surface area (TPSA) is 55.8 Å². The molecule has 0 fully saturated rings. The maximum absolute atomic E-state index is 13.1. The molecule has 0 aliphatic heterocycles. The molecule has 0 aromatic carbocycles. The maximum atomic E-state index is 13.1. The zero-order chi connectivity index (χ0) is 32.6. The summed E-state index contributed by atoms with van der Waals surface area (Å²) < 4.78 is 12.0. The summed E-state index contributed by atoms with van der Waals surface area (Å²) in [6, 6.07) is 0. The van der Waals surface area contributed by atoms with Gasteiger partial charge in [0.25, 0.3) is 0 Å². The van der Waals surface area contributed by atoms with Gasteiger partial charge in [0.1, 0.15) is 5.60 Å². The van der Waals surface area contributed by atoms with Crippen molar-refractivity contribution in [3.8, 4) is 0 Å². The molecule has 0 amide bonds. The van der Waals surface area contributed by atoms with E-state index in [-0.39, 0.29) is 11.9 Å². The molecule has 0 aliphatic carbocycles. The van der Waals surface area contributed by atoms with Gasteiger partial charge in [-0.05, 0) is 72.0 Å². The zero-order valence-corrected chi connectivity index (χ0v) is 30.5. The standard InChI is InChI=1S/C39H77NO4/c1-6-9-12-15-17-18-19-20-21-24-27-36-43-37(41)30-28-34-39(32-25-22-14-11-8-3,33-26-23-16-13-10-7-2)44-38(42)31-29-35-40(4)5/h6-36H2,1-5H3. The Balaban J connectivity index is 4.74. The summed E-state index contributed by atoms with van der Waals surface area (Å²) in [5, 5.41) is 0. The third-order valence-electron chi connectivity index (χ3n) is 9.06. The van der Waals surface area contributed by atoms with E-state index in [1.54, 1.807) is 0 Å². The largest absolute Gasteiger partial charge is 0.466 e. The van der Waals surface area contributed by atoms with Crippen LogP contribution in [0, 0.1) is 0 Å². The third-order valence-corrected chi connectivity index (χ3v) is 9.06. The monoisotopic (exact) mass is 624 g/mol. The Bertz CT molecular complexity index is 638. The van der Waals surface area contributed by atoms with E-state index in [4.69, 9.17) is 9.47 Å². The average Bonchev–Trinajstić information content (AvgIpc) is 2.99. The van der Waals surface area contributed by atoms with Crippen LogP contribution in [0.5, 0.6) is 0 Å². The smallest absolute Gasteiger partial charge is 0.306 e. The predicted octanol–water partition coefficient (Wildman–Crippen LogP) is 11.7. The molecule has 0 aliphatic rings. The van der Waals surface area contributed by atoms with Crippen LogP contribution in [0.3, 0.4) is 0 Å². The fourth-order valence-electron chi connectivity index (χ4n) is 6.22. The Morgan fingerprint density at radius 1 is 0.477 bits per heavy atom. The van der Waals surface area contributed by atoms with E-state index >= 15 is 0 Å². The van der Waals surface area contributed by atoms with Crippen molar-refractivity contribution in [1.82, 2.24) is 4.90 Å². The fourth-order valence-corrected chi connectivity index (χ4v) is 6.22. The lowest BCUT2D eigenvalue weighted by Gasteiger charge is -2.34. The summed E-state index contributed by atoms with van der Waals surface area (Å²) in [6.07, 6.45) is 32.6. The van der Waals surface area contributed by atoms with E-state index in [0.717, 1.165) is 64.3 Å². The molecule has 262 valence electrons. The van der Waals surface area contributed by atoms with Gasteiger partial charge in [-0.1, -0.05) is 143 Å². The van der Waals surface area contributed by atoms with Crippen LogP contribution in [-0.4, -0.2) is 49.7 Å². The molecule has 1 unspecified atom stereocenters. The molecule has 44 heavy (non-hydrogen) atoms. The van der Waals surface area contributed by atoms with Gasteiger partial charge < -0.3 is 14.4 Å². The second kappa shape index (κ2) is 31.9. The minimum Gasteiger partial charge on any atom is -0.466 e. The molecule has 0 N–H and O–H groups in total. The molecule has 0 saturated carbocycles. The number of carbonyl (C=O) groups excluding carboxylic acids is 2. The number of carbonyl (C=O) groups is 2. The highest BCUT2D eigenvalue weighted by Crippen LogP contribution is 2.33. The van der Waals surface area contributed by atoms with Crippen LogP contribution in [0.2, 0.25) is 0 Å². The Morgan fingerprint density at radius 3 is 1.32 bits per heavy atom. The maximum Gasteiger partial charge on any atom is 0.306 e. The van der Waals surface area contributed by atoms with Crippen LogP contribution in [0.25, 0.3) is 0 Å². The van der Waals surface area contributed by atoms with Crippen molar-refractivity contribution in [1.29, 1.82) is 0 Å². The van der Waals surface area contributed by atoms with Crippen molar-refractivity contribution in [2.45, 2.75) is 213 Å². The molecule has 0 rings (SSSR count). The van der Waals surface area contributed by atoms with Crippen molar-refractivity contribution >= 4 is 11.9 Å². The van der Waals surface area contributed by atoms with E-state index in [1.165, 1.54) is 116 Å². The van der Waals surface area contributed by atoms with Crippen molar-refractivity contribution in [2.75, 3.05) is 27.2 Å². The molecule has 0 aromatic heterocycles. The first-order chi connectivity index (χ1) is 21.4. The predicted molar refractivity (Wildman–Crippen MR) is 189 cm³/mol. The Hall–Kier alpha value is -1.10. The van der Waals surface area contributed by atoms with E-state index < -0.39 is 5.60 Å². The molecule has 0 radical (unpaired) electrons. The van der Waals surface area contributed by atoms with Gasteiger partial charge in [-0.2, -0.15) is 0 Å². The molecule has 0 heterocycles. The summed E-state index contributed by atoms with van der Waals surface area (Å²) in [4.78, 5) is 27.8. The highest BCUT2D eigenvalue weighted by atomic mass is 16.6. The molecule has 0 spiro atoms. The second-order valence-corrected chi connectivity index (χ2v) is 13.9. The fraction of sp³-hybridized carbons (Fsp3) is 0.949. The van der Waals surface area contributed by atoms with Gasteiger partial charge in [0.15, 0.2) is 0 Å². The van der Waals surface area contributed by atoms with Crippen molar-refractivity contribution in [3.05, 3.63) is 0 Å². The normalized spacial score (nSPS) is 12.9. The number of esters is 2. The first-order valence-electron chi connectivity index (χ1n) is 19.4. The van der Waals surface area contributed by atoms with Crippen LogP contribution in [0.4, 0.5) is 0 Å². The van der Waals surface area contributed by atoms with Gasteiger partial charge >= 0.3 is 11.9 Å². The first-order valence-corrected chi connectivity index (χ1v) is 19.4. The van der Waals surface area contributed by atoms with Crippen LogP contribution in [0.1, 0.15) is 207 Å². The van der Waals surface area contributed by atoms with Gasteiger partial charge in [-0.3, -0.25) is 9.59 Å². The van der Waals surface area contributed by atoms with Crippen LogP contribution in [0.15, 0.2) is 0 Å². The van der Waals surface area contributed by atoms with Gasteiger partial charge in [-0.15, -0.1) is 0 Å². The van der Waals surface area contributed by atoms with E-state index in [9.17, 15) is 9.59 Å². The second-order valence-electron chi connectivity index (χ2n) is 13.9.